The summed E-state index contributed by atoms with van der Waals surface area (Å²) in [4.78, 5) is 36.0. The summed E-state index contributed by atoms with van der Waals surface area (Å²) in [6.07, 6.45) is 6.54. The molecule has 1 aliphatic heterocycles. The van der Waals surface area contributed by atoms with Gasteiger partial charge in [0.1, 0.15) is 5.82 Å². The van der Waals surface area contributed by atoms with Gasteiger partial charge < -0.3 is 26.4 Å². The maximum atomic E-state index is 13.1. The van der Waals surface area contributed by atoms with Gasteiger partial charge in [0.25, 0.3) is 11.8 Å². The van der Waals surface area contributed by atoms with Gasteiger partial charge in [-0.25, -0.2) is 9.97 Å². The summed E-state index contributed by atoms with van der Waals surface area (Å²) in [5.74, 6) is -0.0730. The minimum Gasteiger partial charge on any atom is -0.386 e. The lowest BCUT2D eigenvalue weighted by Gasteiger charge is -2.40. The number of anilines is 3. The third kappa shape index (κ3) is 5.46. The molecule has 3 heterocycles. The molecule has 36 heavy (non-hydrogen) atoms. The van der Waals surface area contributed by atoms with Crippen molar-refractivity contribution in [1.82, 2.24) is 25.1 Å². The van der Waals surface area contributed by atoms with E-state index >= 15 is 0 Å². The highest BCUT2D eigenvalue weighted by atomic mass is 16.3. The lowest BCUT2D eigenvalue weighted by Crippen LogP contribution is -2.54. The second-order valence-electron chi connectivity index (χ2n) is 9.61. The zero-order valence-electron chi connectivity index (χ0n) is 20.9. The number of aromatic nitrogens is 4. The van der Waals surface area contributed by atoms with E-state index < -0.39 is 11.5 Å². The number of hydrogen-bond acceptors (Lipinski definition) is 8. The molecule has 0 unspecified atom stereocenters. The molecular weight excluding hydrogens is 460 g/mol. The van der Waals surface area contributed by atoms with Crippen molar-refractivity contribution in [3.63, 3.8) is 0 Å². The highest BCUT2D eigenvalue weighted by Crippen LogP contribution is 2.27. The van der Waals surface area contributed by atoms with Crippen LogP contribution in [0.5, 0.6) is 0 Å². The summed E-state index contributed by atoms with van der Waals surface area (Å²) < 4.78 is 1.63. The first-order valence-corrected chi connectivity index (χ1v) is 11.9. The first kappa shape index (κ1) is 25.1. The highest BCUT2D eigenvalue weighted by Gasteiger charge is 2.31. The average Bonchev–Trinajstić information content (AvgIpc) is 3.24. The Hall–Kier alpha value is -3.99. The molecule has 1 fully saturated rings. The fourth-order valence-corrected chi connectivity index (χ4v) is 4.36. The van der Waals surface area contributed by atoms with Crippen molar-refractivity contribution in [1.29, 1.82) is 0 Å². The number of piperidine rings is 1. The number of carbonyl (C=O) groups excluding carboxylic acids is 2. The molecule has 0 spiro atoms. The fourth-order valence-electron chi connectivity index (χ4n) is 4.36. The SMILES string of the molecule is C[C@@H]1[C@H](NC(=O)c2cccc(C(C)(C)O)c2)CCCN1c1cnc(C(N)=O)c(Nc2cnn(C)c2)n1. The van der Waals surface area contributed by atoms with Gasteiger partial charge in [0.05, 0.1) is 23.7 Å². The lowest BCUT2D eigenvalue weighted by molar-refractivity contribution is 0.0783. The topological polar surface area (TPSA) is 151 Å². The number of amides is 2. The van der Waals surface area contributed by atoms with Crippen LogP contribution in [0, 0.1) is 0 Å². The summed E-state index contributed by atoms with van der Waals surface area (Å²) >= 11 is 0. The van der Waals surface area contributed by atoms with Gasteiger partial charge in [0.15, 0.2) is 11.5 Å². The molecule has 2 amide bonds. The van der Waals surface area contributed by atoms with Crippen LogP contribution >= 0.6 is 0 Å². The quantitative estimate of drug-likeness (QED) is 0.391. The number of hydrogen-bond donors (Lipinski definition) is 4. The normalized spacial score (nSPS) is 18.1. The first-order valence-electron chi connectivity index (χ1n) is 11.9. The number of nitrogens with two attached hydrogens (primary N) is 1. The molecule has 2 aromatic heterocycles. The van der Waals surface area contributed by atoms with Crippen LogP contribution in [-0.4, -0.2) is 55.3 Å². The van der Waals surface area contributed by atoms with E-state index in [0.717, 1.165) is 19.4 Å². The van der Waals surface area contributed by atoms with Crippen molar-refractivity contribution < 1.29 is 14.7 Å². The molecule has 1 aromatic carbocycles. The number of nitrogens with zero attached hydrogens (tertiary/aromatic N) is 5. The zero-order valence-corrected chi connectivity index (χ0v) is 20.9. The zero-order chi connectivity index (χ0) is 26.0. The molecule has 2 atom stereocenters. The van der Waals surface area contributed by atoms with E-state index in [1.807, 2.05) is 6.92 Å². The standard InChI is InChI=1S/C25H32N8O3/c1-15-19(30-24(35)16-7-5-8-17(11-16)25(2,3)36)9-6-10-33(15)20-13-27-21(22(26)34)23(31-20)29-18-12-28-32(4)14-18/h5,7-8,11-15,19,36H,6,9-10H2,1-4H3,(H2,26,34)(H,29,31)(H,30,35)/t15-,19-/m1/s1. The van der Waals surface area contributed by atoms with E-state index in [2.05, 4.69) is 30.6 Å². The molecule has 3 aromatic rings. The van der Waals surface area contributed by atoms with E-state index in [1.165, 1.54) is 6.20 Å². The summed E-state index contributed by atoms with van der Waals surface area (Å²) in [5.41, 5.74) is 6.33. The van der Waals surface area contributed by atoms with Crippen LogP contribution in [0.2, 0.25) is 0 Å². The van der Waals surface area contributed by atoms with E-state index in [4.69, 9.17) is 5.73 Å². The molecule has 11 heteroatoms. The van der Waals surface area contributed by atoms with Crippen LogP contribution in [0.3, 0.4) is 0 Å². The Balaban J connectivity index is 1.54. The third-order valence-electron chi connectivity index (χ3n) is 6.39. The second-order valence-corrected chi connectivity index (χ2v) is 9.61. The number of aliphatic hydroxyl groups is 1. The van der Waals surface area contributed by atoms with Crippen molar-refractivity contribution in [2.45, 2.75) is 51.3 Å². The van der Waals surface area contributed by atoms with E-state index in [-0.39, 0.29) is 29.5 Å². The summed E-state index contributed by atoms with van der Waals surface area (Å²) in [5, 5.41) is 20.6. The van der Waals surface area contributed by atoms with Gasteiger partial charge in [0, 0.05) is 37.4 Å². The maximum Gasteiger partial charge on any atom is 0.271 e. The van der Waals surface area contributed by atoms with Crippen molar-refractivity contribution in [3.05, 3.63) is 59.7 Å². The van der Waals surface area contributed by atoms with Crippen molar-refractivity contribution in [2.24, 2.45) is 12.8 Å². The minimum absolute atomic E-state index is 0.0313. The van der Waals surface area contributed by atoms with Crippen LogP contribution < -0.4 is 21.3 Å². The Bertz CT molecular complexity index is 1270. The number of aryl methyl sites for hydroxylation is 1. The summed E-state index contributed by atoms with van der Waals surface area (Å²) in [6.45, 7) is 6.12. The van der Waals surface area contributed by atoms with Gasteiger partial charge in [-0.05, 0) is 51.3 Å². The van der Waals surface area contributed by atoms with Crippen LogP contribution in [-0.2, 0) is 12.6 Å². The van der Waals surface area contributed by atoms with Crippen LogP contribution in [0.25, 0.3) is 0 Å². The van der Waals surface area contributed by atoms with E-state index in [0.29, 0.717) is 22.6 Å². The van der Waals surface area contributed by atoms with Gasteiger partial charge >= 0.3 is 0 Å². The molecule has 1 saturated heterocycles. The number of benzene rings is 1. The molecule has 11 nitrogen and oxygen atoms in total. The largest absolute Gasteiger partial charge is 0.386 e. The maximum absolute atomic E-state index is 13.1. The van der Waals surface area contributed by atoms with E-state index in [1.54, 1.807) is 62.2 Å². The third-order valence-corrected chi connectivity index (χ3v) is 6.39. The average molecular weight is 493 g/mol. The Labute approximate surface area is 209 Å². The molecule has 0 radical (unpaired) electrons. The Morgan fingerprint density at radius 1 is 1.25 bits per heavy atom. The molecule has 5 N–H and O–H groups in total. The highest BCUT2D eigenvalue weighted by molar-refractivity contribution is 5.96. The molecule has 0 aliphatic carbocycles. The van der Waals surface area contributed by atoms with Crippen molar-refractivity contribution in [3.8, 4) is 0 Å². The molecule has 190 valence electrons. The molecule has 1 aliphatic rings. The second kappa shape index (κ2) is 9.94. The van der Waals surface area contributed by atoms with Crippen LogP contribution in [0.15, 0.2) is 42.9 Å². The van der Waals surface area contributed by atoms with Gasteiger partial charge in [-0.15, -0.1) is 0 Å². The predicted molar refractivity (Wildman–Crippen MR) is 136 cm³/mol. The van der Waals surface area contributed by atoms with Crippen LogP contribution in [0.1, 0.15) is 60.0 Å². The lowest BCUT2D eigenvalue weighted by atomic mass is 9.95. The van der Waals surface area contributed by atoms with Crippen molar-refractivity contribution in [2.75, 3.05) is 16.8 Å². The predicted octanol–water partition coefficient (Wildman–Crippen LogP) is 2.07. The summed E-state index contributed by atoms with van der Waals surface area (Å²) in [7, 11) is 1.78. The van der Waals surface area contributed by atoms with Crippen molar-refractivity contribution >= 4 is 29.1 Å². The Morgan fingerprint density at radius 3 is 2.69 bits per heavy atom. The monoisotopic (exact) mass is 492 g/mol. The summed E-state index contributed by atoms with van der Waals surface area (Å²) in [6, 6.07) is 6.80. The molecule has 0 saturated carbocycles. The number of rotatable bonds is 7. The molecular formula is C25H32N8O3. The number of nitrogens with one attached hydrogen (secondary N) is 2. The minimum atomic E-state index is -1.04. The molecule has 0 bridgehead atoms. The smallest absolute Gasteiger partial charge is 0.271 e. The van der Waals surface area contributed by atoms with Gasteiger partial charge in [-0.3, -0.25) is 14.3 Å². The number of primary amides is 1. The van der Waals surface area contributed by atoms with Crippen LogP contribution in [0.4, 0.5) is 17.3 Å². The van der Waals surface area contributed by atoms with Gasteiger partial charge in [-0.1, -0.05) is 12.1 Å². The first-order chi connectivity index (χ1) is 17.0. The van der Waals surface area contributed by atoms with Gasteiger partial charge in [-0.2, -0.15) is 5.10 Å². The van der Waals surface area contributed by atoms with E-state index in [9.17, 15) is 14.7 Å². The molecule has 4 rings (SSSR count). The fraction of sp³-hybridized carbons (Fsp3) is 0.400. The Kier molecular flexibility index (Phi) is 6.93. The number of carbonyl (C=O) groups is 2. The van der Waals surface area contributed by atoms with Gasteiger partial charge in [0.2, 0.25) is 0 Å². The Morgan fingerprint density at radius 2 is 2.03 bits per heavy atom.